The van der Waals surface area contributed by atoms with Gasteiger partial charge in [-0.25, -0.2) is 9.97 Å². The average Bonchev–Trinajstić information content (AvgIpc) is 3.33. The molecule has 8 nitrogen and oxygen atoms in total. The molecular formula is C30H32F3N7O. The van der Waals surface area contributed by atoms with Gasteiger partial charge in [0.15, 0.2) is 5.82 Å². The number of primary amides is 1. The highest BCUT2D eigenvalue weighted by atomic mass is 19.4. The molecule has 41 heavy (non-hydrogen) atoms. The normalized spacial score (nSPS) is 18.1. The molecule has 0 bridgehead atoms. The monoisotopic (exact) mass is 563 g/mol. The first-order chi connectivity index (χ1) is 19.6. The van der Waals surface area contributed by atoms with Crippen molar-refractivity contribution in [2.75, 3.05) is 42.5 Å². The van der Waals surface area contributed by atoms with Crippen LogP contribution in [0.4, 0.5) is 24.7 Å². The van der Waals surface area contributed by atoms with Crippen LogP contribution >= 0.6 is 0 Å². The number of fused-ring (bicyclic) bond motifs is 2. The largest absolute Gasteiger partial charge is 0.418 e. The summed E-state index contributed by atoms with van der Waals surface area (Å²) in [7, 11) is 0. The van der Waals surface area contributed by atoms with Gasteiger partial charge in [-0.15, -0.1) is 0 Å². The second-order valence-corrected chi connectivity index (χ2v) is 10.9. The number of hydrogen-bond acceptors (Lipinski definition) is 6. The predicted octanol–water partition coefficient (Wildman–Crippen LogP) is 4.51. The van der Waals surface area contributed by atoms with Gasteiger partial charge >= 0.3 is 6.18 Å². The fourth-order valence-corrected chi connectivity index (χ4v) is 6.14. The molecule has 3 N–H and O–H groups in total. The Bertz CT molecular complexity index is 1620. The molecule has 6 rings (SSSR count). The molecule has 4 aromatic rings. The lowest BCUT2D eigenvalue weighted by Gasteiger charge is -2.41. The van der Waals surface area contributed by atoms with E-state index in [0.717, 1.165) is 45.2 Å². The van der Waals surface area contributed by atoms with Gasteiger partial charge in [0.05, 0.1) is 17.8 Å². The summed E-state index contributed by atoms with van der Waals surface area (Å²) in [4.78, 5) is 31.0. The van der Waals surface area contributed by atoms with Crippen molar-refractivity contribution in [2.45, 2.75) is 39.0 Å². The molecule has 2 aliphatic heterocycles. The van der Waals surface area contributed by atoms with Gasteiger partial charge in [-0.3, -0.25) is 9.69 Å². The zero-order valence-corrected chi connectivity index (χ0v) is 23.0. The van der Waals surface area contributed by atoms with Crippen molar-refractivity contribution in [1.29, 1.82) is 0 Å². The van der Waals surface area contributed by atoms with Crippen LogP contribution in [0.2, 0.25) is 0 Å². The molecule has 1 amide bonds. The van der Waals surface area contributed by atoms with Crippen molar-refractivity contribution in [3.8, 4) is 11.4 Å². The fourth-order valence-electron chi connectivity index (χ4n) is 6.14. The highest BCUT2D eigenvalue weighted by molar-refractivity contribution is 5.96. The predicted molar refractivity (Wildman–Crippen MR) is 153 cm³/mol. The molecule has 2 aliphatic rings. The van der Waals surface area contributed by atoms with E-state index in [1.165, 1.54) is 12.1 Å². The Morgan fingerprint density at radius 1 is 1.07 bits per heavy atom. The third-order valence-electron chi connectivity index (χ3n) is 8.16. The number of para-hydroxylation sites is 1. The van der Waals surface area contributed by atoms with Gasteiger partial charge in [0.1, 0.15) is 5.82 Å². The summed E-state index contributed by atoms with van der Waals surface area (Å²) in [6.45, 7) is 6.75. The van der Waals surface area contributed by atoms with Crippen LogP contribution in [0.15, 0.2) is 48.7 Å². The summed E-state index contributed by atoms with van der Waals surface area (Å²) in [5.41, 5.74) is 9.66. The number of anilines is 2. The molecule has 1 atom stereocenters. The molecule has 2 aromatic carbocycles. The molecule has 0 radical (unpaired) electrons. The minimum Gasteiger partial charge on any atom is -0.369 e. The molecule has 11 heteroatoms. The summed E-state index contributed by atoms with van der Waals surface area (Å²) in [6, 6.07) is 11.7. The van der Waals surface area contributed by atoms with E-state index in [4.69, 9.17) is 15.7 Å². The second kappa shape index (κ2) is 10.4. The quantitative estimate of drug-likeness (QED) is 0.371. The number of nitrogens with zero attached hydrogens (tertiary/aromatic N) is 5. The number of aryl methyl sites for hydroxylation is 1. The first kappa shape index (κ1) is 27.1. The van der Waals surface area contributed by atoms with Crippen LogP contribution in [0, 0.1) is 6.92 Å². The van der Waals surface area contributed by atoms with Gasteiger partial charge in [-0.05, 0) is 37.6 Å². The Kier molecular flexibility index (Phi) is 6.85. The van der Waals surface area contributed by atoms with Crippen LogP contribution in [0.5, 0.6) is 0 Å². The number of H-pyrrole nitrogens is 1. The number of benzene rings is 2. The van der Waals surface area contributed by atoms with Crippen LogP contribution in [0.3, 0.4) is 0 Å². The Morgan fingerprint density at radius 2 is 1.88 bits per heavy atom. The number of carbonyl (C=O) groups is 1. The summed E-state index contributed by atoms with van der Waals surface area (Å²) in [6.07, 6.45) is -2.01. The Labute approximate surface area is 236 Å². The van der Waals surface area contributed by atoms with Crippen LogP contribution in [0.25, 0.3) is 22.3 Å². The molecule has 0 spiro atoms. The fraction of sp³-hybridized carbons (Fsp3) is 0.367. The number of carbonyl (C=O) groups excluding carboxylic acids is 1. The van der Waals surface area contributed by atoms with E-state index in [1.807, 2.05) is 43.1 Å². The minimum atomic E-state index is -4.46. The average molecular weight is 564 g/mol. The molecule has 2 aromatic heterocycles. The topological polar surface area (TPSA) is 94.4 Å². The van der Waals surface area contributed by atoms with Crippen molar-refractivity contribution in [1.82, 2.24) is 19.9 Å². The molecular weight excluding hydrogens is 531 g/mol. The van der Waals surface area contributed by atoms with Crippen LogP contribution < -0.4 is 15.5 Å². The van der Waals surface area contributed by atoms with E-state index < -0.39 is 11.7 Å². The Balaban J connectivity index is 1.44. The van der Waals surface area contributed by atoms with Crippen LogP contribution in [-0.2, 0) is 23.9 Å². The minimum absolute atomic E-state index is 0.0336. The van der Waals surface area contributed by atoms with E-state index in [0.29, 0.717) is 38.4 Å². The zero-order chi connectivity index (χ0) is 28.9. The number of nitrogens with one attached hydrogen (secondary N) is 1. The first-order valence-corrected chi connectivity index (χ1v) is 13.8. The maximum atomic E-state index is 13.9. The summed E-state index contributed by atoms with van der Waals surface area (Å²) in [5.74, 6) is 0.958. The van der Waals surface area contributed by atoms with E-state index in [-0.39, 0.29) is 30.7 Å². The van der Waals surface area contributed by atoms with Gasteiger partial charge in [0.2, 0.25) is 5.91 Å². The number of piperazine rings is 1. The number of amides is 1. The number of aromatic nitrogens is 3. The SMILES string of the molecule is Cc1c[nH]c2cccc(-c3nc4c(c(N5CCN(CC(N)=O)C(C)C5)n3)CN(c3ccccc3C(F)(F)F)CC4)c12. The lowest BCUT2D eigenvalue weighted by molar-refractivity contribution is -0.137. The van der Waals surface area contributed by atoms with E-state index >= 15 is 0 Å². The van der Waals surface area contributed by atoms with Crippen LogP contribution in [0.1, 0.15) is 29.3 Å². The van der Waals surface area contributed by atoms with Crippen molar-refractivity contribution in [2.24, 2.45) is 5.73 Å². The second-order valence-electron chi connectivity index (χ2n) is 10.9. The molecule has 0 aliphatic carbocycles. The Morgan fingerprint density at radius 3 is 2.63 bits per heavy atom. The van der Waals surface area contributed by atoms with Crippen molar-refractivity contribution < 1.29 is 18.0 Å². The van der Waals surface area contributed by atoms with E-state index in [1.54, 1.807) is 11.0 Å². The summed E-state index contributed by atoms with van der Waals surface area (Å²) in [5, 5.41) is 1.05. The van der Waals surface area contributed by atoms with Crippen LogP contribution in [-0.4, -0.2) is 64.5 Å². The highest BCUT2D eigenvalue weighted by Gasteiger charge is 2.36. The smallest absolute Gasteiger partial charge is 0.369 e. The molecule has 1 fully saturated rings. The number of aromatic amines is 1. The first-order valence-electron chi connectivity index (χ1n) is 13.8. The Hall–Kier alpha value is -4.12. The van der Waals surface area contributed by atoms with Gasteiger partial charge in [-0.1, -0.05) is 24.3 Å². The standard InChI is InChI=1S/C30H32F3N7O/c1-18-14-35-24-8-5-6-20(27(18)24)28-36-23-10-11-39(25-9-4-3-7-22(25)30(31,32)33)16-21(23)29(37-28)40-13-12-38(17-26(34)41)19(2)15-40/h3-9,14,19,35H,10-13,15-17H2,1-2H3,(H2,34,41). The number of halogens is 3. The molecule has 1 unspecified atom stereocenters. The van der Waals surface area contributed by atoms with Gasteiger partial charge < -0.3 is 20.5 Å². The van der Waals surface area contributed by atoms with Crippen molar-refractivity contribution >= 4 is 28.3 Å². The third kappa shape index (κ3) is 5.10. The zero-order valence-electron chi connectivity index (χ0n) is 23.0. The molecule has 214 valence electrons. The van der Waals surface area contributed by atoms with E-state index in [9.17, 15) is 18.0 Å². The molecule has 0 saturated carbocycles. The lowest BCUT2D eigenvalue weighted by atomic mass is 10.0. The van der Waals surface area contributed by atoms with Crippen molar-refractivity contribution in [3.63, 3.8) is 0 Å². The number of alkyl halides is 3. The number of hydrogen-bond donors (Lipinski definition) is 2. The van der Waals surface area contributed by atoms with Gasteiger partial charge in [0.25, 0.3) is 0 Å². The summed E-state index contributed by atoms with van der Waals surface area (Å²) < 4.78 is 41.7. The third-order valence-corrected chi connectivity index (χ3v) is 8.16. The maximum Gasteiger partial charge on any atom is 0.418 e. The molecule has 4 heterocycles. The lowest BCUT2D eigenvalue weighted by Crippen LogP contribution is -2.54. The molecule has 1 saturated heterocycles. The van der Waals surface area contributed by atoms with Crippen molar-refractivity contribution in [3.05, 3.63) is 71.0 Å². The summed E-state index contributed by atoms with van der Waals surface area (Å²) >= 11 is 0. The number of rotatable bonds is 5. The van der Waals surface area contributed by atoms with E-state index in [2.05, 4.69) is 9.88 Å². The highest BCUT2D eigenvalue weighted by Crippen LogP contribution is 2.40. The number of nitrogens with two attached hydrogens (primary N) is 1. The van der Waals surface area contributed by atoms with Gasteiger partial charge in [0, 0.05) is 79.1 Å². The maximum absolute atomic E-state index is 13.9. The van der Waals surface area contributed by atoms with Gasteiger partial charge in [-0.2, -0.15) is 13.2 Å².